The SMILES string of the molecule is Nc1ccc(F)cc1NC(=O)c1ccc(Br)cc1Br. The van der Waals surface area contributed by atoms with Crippen molar-refractivity contribution in [1.82, 2.24) is 0 Å². The van der Waals surface area contributed by atoms with Crippen LogP contribution in [-0.2, 0) is 0 Å². The summed E-state index contributed by atoms with van der Waals surface area (Å²) in [5.41, 5.74) is 6.67. The minimum atomic E-state index is -0.459. The quantitative estimate of drug-likeness (QED) is 0.759. The number of nitrogens with two attached hydrogens (primary N) is 1. The number of carbonyl (C=O) groups excluding carboxylic acids is 1. The Morgan fingerprint density at radius 2 is 1.89 bits per heavy atom. The van der Waals surface area contributed by atoms with E-state index in [-0.39, 0.29) is 11.6 Å². The first-order valence-corrected chi connectivity index (χ1v) is 6.87. The topological polar surface area (TPSA) is 55.1 Å². The molecule has 0 bridgehead atoms. The lowest BCUT2D eigenvalue weighted by atomic mass is 10.2. The van der Waals surface area contributed by atoms with Gasteiger partial charge in [0, 0.05) is 8.95 Å². The molecule has 0 saturated carbocycles. The molecular weight excluding hydrogens is 379 g/mol. The molecule has 0 fully saturated rings. The van der Waals surface area contributed by atoms with E-state index < -0.39 is 5.82 Å². The van der Waals surface area contributed by atoms with Gasteiger partial charge >= 0.3 is 0 Å². The number of hydrogen-bond donors (Lipinski definition) is 2. The third kappa shape index (κ3) is 3.33. The van der Waals surface area contributed by atoms with Crippen molar-refractivity contribution in [3.8, 4) is 0 Å². The molecule has 0 aromatic heterocycles. The van der Waals surface area contributed by atoms with Crippen molar-refractivity contribution in [3.05, 3.63) is 56.7 Å². The minimum Gasteiger partial charge on any atom is -0.397 e. The average molecular weight is 388 g/mol. The minimum absolute atomic E-state index is 0.250. The maximum Gasteiger partial charge on any atom is 0.256 e. The third-order valence-electron chi connectivity index (χ3n) is 2.44. The molecule has 3 N–H and O–H groups in total. The summed E-state index contributed by atoms with van der Waals surface area (Å²) in [6, 6.07) is 8.97. The second kappa shape index (κ2) is 5.71. The van der Waals surface area contributed by atoms with E-state index in [1.807, 2.05) is 0 Å². The maximum absolute atomic E-state index is 13.1. The van der Waals surface area contributed by atoms with Gasteiger partial charge in [-0.15, -0.1) is 0 Å². The van der Waals surface area contributed by atoms with Gasteiger partial charge < -0.3 is 11.1 Å². The van der Waals surface area contributed by atoms with Crippen molar-refractivity contribution in [2.75, 3.05) is 11.1 Å². The molecule has 0 saturated heterocycles. The van der Waals surface area contributed by atoms with E-state index in [1.165, 1.54) is 18.2 Å². The van der Waals surface area contributed by atoms with Gasteiger partial charge in [-0.2, -0.15) is 0 Å². The van der Waals surface area contributed by atoms with E-state index >= 15 is 0 Å². The molecule has 2 aromatic rings. The van der Waals surface area contributed by atoms with Gasteiger partial charge in [-0.1, -0.05) is 15.9 Å². The van der Waals surface area contributed by atoms with Gasteiger partial charge in [0.25, 0.3) is 5.91 Å². The smallest absolute Gasteiger partial charge is 0.256 e. The number of halogens is 3. The number of hydrogen-bond acceptors (Lipinski definition) is 2. The zero-order valence-electron chi connectivity index (χ0n) is 9.58. The molecule has 0 aliphatic heterocycles. The fourth-order valence-electron chi connectivity index (χ4n) is 1.50. The average Bonchev–Trinajstić information content (AvgIpc) is 2.33. The molecule has 0 unspecified atom stereocenters. The molecular formula is C13H9Br2FN2O. The standard InChI is InChI=1S/C13H9Br2FN2O/c14-7-1-3-9(10(15)5-7)13(19)18-12-6-8(16)2-4-11(12)17/h1-6H,17H2,(H,18,19). The van der Waals surface area contributed by atoms with Crippen molar-refractivity contribution >= 4 is 49.1 Å². The number of amides is 1. The highest BCUT2D eigenvalue weighted by Gasteiger charge is 2.12. The Morgan fingerprint density at radius 3 is 2.58 bits per heavy atom. The Hall–Kier alpha value is -1.40. The summed E-state index contributed by atoms with van der Waals surface area (Å²) in [6.45, 7) is 0. The Balaban J connectivity index is 2.28. The van der Waals surface area contributed by atoms with Crippen molar-refractivity contribution in [1.29, 1.82) is 0 Å². The van der Waals surface area contributed by atoms with Crippen LogP contribution in [0.5, 0.6) is 0 Å². The van der Waals surface area contributed by atoms with E-state index in [9.17, 15) is 9.18 Å². The van der Waals surface area contributed by atoms with Crippen LogP contribution in [0, 0.1) is 5.82 Å². The molecule has 0 radical (unpaired) electrons. The zero-order chi connectivity index (χ0) is 14.0. The predicted octanol–water partition coefficient (Wildman–Crippen LogP) is 4.19. The van der Waals surface area contributed by atoms with Gasteiger partial charge in [-0.05, 0) is 52.3 Å². The summed E-state index contributed by atoms with van der Waals surface area (Å²) in [5, 5.41) is 2.58. The zero-order valence-corrected chi connectivity index (χ0v) is 12.8. The number of anilines is 2. The van der Waals surface area contributed by atoms with Gasteiger partial charge in [0.15, 0.2) is 0 Å². The van der Waals surface area contributed by atoms with Gasteiger partial charge in [0.05, 0.1) is 16.9 Å². The van der Waals surface area contributed by atoms with Crippen molar-refractivity contribution in [3.63, 3.8) is 0 Å². The molecule has 98 valence electrons. The summed E-state index contributed by atoms with van der Waals surface area (Å²) in [7, 11) is 0. The predicted molar refractivity (Wildman–Crippen MR) is 80.6 cm³/mol. The number of nitrogen functional groups attached to an aromatic ring is 1. The molecule has 0 aliphatic carbocycles. The lowest BCUT2D eigenvalue weighted by Crippen LogP contribution is -2.14. The molecule has 0 atom stereocenters. The van der Waals surface area contributed by atoms with E-state index in [4.69, 9.17) is 5.73 Å². The number of carbonyl (C=O) groups is 1. The number of nitrogens with one attached hydrogen (secondary N) is 1. The van der Waals surface area contributed by atoms with Gasteiger partial charge in [-0.3, -0.25) is 4.79 Å². The molecule has 19 heavy (non-hydrogen) atoms. The molecule has 0 spiro atoms. The first-order chi connectivity index (χ1) is 8.97. The van der Waals surface area contributed by atoms with Crippen LogP contribution in [-0.4, -0.2) is 5.91 Å². The molecule has 1 amide bonds. The van der Waals surface area contributed by atoms with E-state index in [2.05, 4.69) is 37.2 Å². The van der Waals surface area contributed by atoms with Crippen LogP contribution in [0.15, 0.2) is 45.3 Å². The van der Waals surface area contributed by atoms with Crippen LogP contribution in [0.4, 0.5) is 15.8 Å². The van der Waals surface area contributed by atoms with Crippen molar-refractivity contribution < 1.29 is 9.18 Å². The Morgan fingerprint density at radius 1 is 1.16 bits per heavy atom. The summed E-state index contributed by atoms with van der Waals surface area (Å²) in [6.07, 6.45) is 0. The second-order valence-electron chi connectivity index (χ2n) is 3.81. The van der Waals surface area contributed by atoms with Crippen molar-refractivity contribution in [2.45, 2.75) is 0 Å². The van der Waals surface area contributed by atoms with Crippen LogP contribution in [0.1, 0.15) is 10.4 Å². The first-order valence-electron chi connectivity index (χ1n) is 5.29. The Kier molecular flexibility index (Phi) is 4.21. The highest BCUT2D eigenvalue weighted by molar-refractivity contribution is 9.11. The highest BCUT2D eigenvalue weighted by atomic mass is 79.9. The van der Waals surface area contributed by atoms with E-state index in [0.29, 0.717) is 15.7 Å². The first kappa shape index (κ1) is 14.0. The van der Waals surface area contributed by atoms with Gasteiger partial charge in [0.1, 0.15) is 5.82 Å². The fraction of sp³-hybridized carbons (Fsp3) is 0. The summed E-state index contributed by atoms with van der Waals surface area (Å²) < 4.78 is 14.6. The lowest BCUT2D eigenvalue weighted by Gasteiger charge is -2.09. The van der Waals surface area contributed by atoms with Crippen LogP contribution < -0.4 is 11.1 Å². The lowest BCUT2D eigenvalue weighted by molar-refractivity contribution is 0.102. The summed E-state index contributed by atoms with van der Waals surface area (Å²) in [4.78, 5) is 12.1. The largest absolute Gasteiger partial charge is 0.397 e. The fourth-order valence-corrected chi connectivity index (χ4v) is 2.73. The van der Waals surface area contributed by atoms with Crippen LogP contribution in [0.2, 0.25) is 0 Å². The highest BCUT2D eigenvalue weighted by Crippen LogP contribution is 2.24. The Bertz CT molecular complexity index is 647. The molecule has 2 rings (SSSR count). The molecule has 0 aliphatic rings. The molecule has 2 aromatic carbocycles. The summed E-state index contributed by atoms with van der Waals surface area (Å²) >= 11 is 6.60. The van der Waals surface area contributed by atoms with E-state index in [1.54, 1.807) is 18.2 Å². The van der Waals surface area contributed by atoms with Gasteiger partial charge in [0.2, 0.25) is 0 Å². The van der Waals surface area contributed by atoms with Crippen LogP contribution >= 0.6 is 31.9 Å². The molecule has 6 heteroatoms. The number of rotatable bonds is 2. The van der Waals surface area contributed by atoms with Crippen LogP contribution in [0.3, 0.4) is 0 Å². The number of benzene rings is 2. The van der Waals surface area contributed by atoms with E-state index in [0.717, 1.165) is 4.47 Å². The summed E-state index contributed by atoms with van der Waals surface area (Å²) in [5.74, 6) is -0.823. The molecule has 3 nitrogen and oxygen atoms in total. The molecule has 0 heterocycles. The van der Waals surface area contributed by atoms with Crippen LogP contribution in [0.25, 0.3) is 0 Å². The second-order valence-corrected chi connectivity index (χ2v) is 5.58. The van der Waals surface area contributed by atoms with Gasteiger partial charge in [-0.25, -0.2) is 4.39 Å². The third-order valence-corrected chi connectivity index (χ3v) is 3.59. The van der Waals surface area contributed by atoms with Crippen molar-refractivity contribution in [2.24, 2.45) is 0 Å². The maximum atomic E-state index is 13.1. The Labute approximate surface area is 126 Å². The normalized spacial score (nSPS) is 10.3. The monoisotopic (exact) mass is 386 g/mol.